The molecule has 2 aromatic rings. The van der Waals surface area contributed by atoms with Crippen molar-refractivity contribution in [2.75, 3.05) is 0 Å². The second-order valence-corrected chi connectivity index (χ2v) is 4.02. The summed E-state index contributed by atoms with van der Waals surface area (Å²) in [5.74, 6) is 0.708. The summed E-state index contributed by atoms with van der Waals surface area (Å²) in [5.41, 5.74) is 3.10. The fourth-order valence-corrected chi connectivity index (χ4v) is 1.75. The number of rotatable bonds is 2. The van der Waals surface area contributed by atoms with Crippen LogP contribution in [-0.2, 0) is 6.42 Å². The molecular weight excluding hydrogens is 222 g/mol. The van der Waals surface area contributed by atoms with Gasteiger partial charge in [0.2, 0.25) is 0 Å². The van der Waals surface area contributed by atoms with E-state index < -0.39 is 0 Å². The number of aryl methyl sites for hydroxylation is 1. The van der Waals surface area contributed by atoms with Crippen LogP contribution in [-0.4, -0.2) is 15.0 Å². The predicted molar refractivity (Wildman–Crippen MR) is 63.6 cm³/mol. The van der Waals surface area contributed by atoms with Gasteiger partial charge in [-0.05, 0) is 31.5 Å². The van der Waals surface area contributed by atoms with Gasteiger partial charge in [-0.2, -0.15) is 0 Å². The van der Waals surface area contributed by atoms with Crippen LogP contribution in [0.3, 0.4) is 0 Å². The Balaban J connectivity index is 2.35. The van der Waals surface area contributed by atoms with E-state index in [4.69, 9.17) is 11.6 Å². The molecule has 0 saturated carbocycles. The summed E-state index contributed by atoms with van der Waals surface area (Å²) in [6, 6.07) is 3.95. The number of pyridine rings is 1. The van der Waals surface area contributed by atoms with E-state index in [1.54, 1.807) is 12.4 Å². The summed E-state index contributed by atoms with van der Waals surface area (Å²) in [6.07, 6.45) is 4.32. The minimum Gasteiger partial charge on any atom is -0.265 e. The van der Waals surface area contributed by atoms with E-state index in [9.17, 15) is 0 Å². The molecule has 0 radical (unpaired) electrons. The SMILES string of the molecule is Cc1nc(Cl)c(C)c(Cc2ccncc2)n1. The quantitative estimate of drug-likeness (QED) is 0.749. The molecule has 0 bridgehead atoms. The standard InChI is InChI=1S/C12H12ClN3/c1-8-11(15-9(2)16-12(8)13)7-10-3-5-14-6-4-10/h3-6H,7H2,1-2H3. The zero-order valence-corrected chi connectivity index (χ0v) is 9.99. The first-order chi connectivity index (χ1) is 7.66. The van der Waals surface area contributed by atoms with Crippen molar-refractivity contribution < 1.29 is 0 Å². The Bertz CT molecular complexity index is 497. The van der Waals surface area contributed by atoms with Gasteiger partial charge in [-0.25, -0.2) is 9.97 Å². The Morgan fingerprint density at radius 2 is 1.81 bits per heavy atom. The molecule has 2 rings (SSSR count). The molecule has 0 aliphatic heterocycles. The second kappa shape index (κ2) is 4.58. The Hall–Kier alpha value is -1.48. The smallest absolute Gasteiger partial charge is 0.135 e. The van der Waals surface area contributed by atoms with Gasteiger partial charge in [0.05, 0.1) is 5.69 Å². The van der Waals surface area contributed by atoms with E-state index >= 15 is 0 Å². The normalized spacial score (nSPS) is 10.4. The molecule has 0 saturated heterocycles. The molecule has 16 heavy (non-hydrogen) atoms. The lowest BCUT2D eigenvalue weighted by Crippen LogP contribution is -2.01. The molecule has 0 amide bonds. The van der Waals surface area contributed by atoms with Gasteiger partial charge in [0.1, 0.15) is 11.0 Å². The molecule has 82 valence electrons. The van der Waals surface area contributed by atoms with E-state index in [-0.39, 0.29) is 0 Å². The summed E-state index contributed by atoms with van der Waals surface area (Å²) >= 11 is 6.02. The van der Waals surface area contributed by atoms with Crippen molar-refractivity contribution in [3.05, 3.63) is 52.3 Å². The molecule has 2 heterocycles. The fraction of sp³-hybridized carbons (Fsp3) is 0.250. The maximum Gasteiger partial charge on any atom is 0.135 e. The highest BCUT2D eigenvalue weighted by Crippen LogP contribution is 2.17. The molecule has 0 aliphatic carbocycles. The lowest BCUT2D eigenvalue weighted by Gasteiger charge is -2.07. The van der Waals surface area contributed by atoms with E-state index in [1.807, 2.05) is 26.0 Å². The molecule has 0 N–H and O–H groups in total. The summed E-state index contributed by atoms with van der Waals surface area (Å²) in [4.78, 5) is 12.5. The third-order valence-electron chi connectivity index (χ3n) is 2.42. The first kappa shape index (κ1) is 11.0. The molecule has 0 atom stereocenters. The highest BCUT2D eigenvalue weighted by molar-refractivity contribution is 6.30. The van der Waals surface area contributed by atoms with Gasteiger partial charge in [0, 0.05) is 24.4 Å². The topological polar surface area (TPSA) is 38.7 Å². The van der Waals surface area contributed by atoms with Crippen LogP contribution in [0.2, 0.25) is 5.15 Å². The third kappa shape index (κ3) is 2.36. The number of aromatic nitrogens is 3. The van der Waals surface area contributed by atoms with Crippen molar-refractivity contribution in [2.45, 2.75) is 20.3 Å². The van der Waals surface area contributed by atoms with Crippen molar-refractivity contribution in [3.8, 4) is 0 Å². The molecular formula is C12H12ClN3. The lowest BCUT2D eigenvalue weighted by molar-refractivity contribution is 0.942. The fourth-order valence-electron chi connectivity index (χ4n) is 1.52. The van der Waals surface area contributed by atoms with Gasteiger partial charge in [-0.1, -0.05) is 11.6 Å². The van der Waals surface area contributed by atoms with Crippen molar-refractivity contribution >= 4 is 11.6 Å². The molecule has 0 fully saturated rings. The molecule has 0 unspecified atom stereocenters. The number of hydrogen-bond acceptors (Lipinski definition) is 3. The first-order valence-corrected chi connectivity index (χ1v) is 5.43. The maximum absolute atomic E-state index is 6.02. The van der Waals surface area contributed by atoms with E-state index in [0.717, 1.165) is 17.7 Å². The Labute approximate surface area is 99.5 Å². The Morgan fingerprint density at radius 1 is 1.12 bits per heavy atom. The molecule has 0 spiro atoms. The van der Waals surface area contributed by atoms with E-state index in [0.29, 0.717) is 11.0 Å². The monoisotopic (exact) mass is 233 g/mol. The van der Waals surface area contributed by atoms with E-state index in [1.165, 1.54) is 5.56 Å². The molecule has 3 nitrogen and oxygen atoms in total. The molecule has 0 aromatic carbocycles. The van der Waals surface area contributed by atoms with Crippen LogP contribution in [0.5, 0.6) is 0 Å². The lowest BCUT2D eigenvalue weighted by atomic mass is 10.1. The second-order valence-electron chi connectivity index (χ2n) is 3.67. The summed E-state index contributed by atoms with van der Waals surface area (Å²) in [5, 5.41) is 0.538. The first-order valence-electron chi connectivity index (χ1n) is 5.05. The van der Waals surface area contributed by atoms with Crippen molar-refractivity contribution in [1.82, 2.24) is 15.0 Å². The molecule has 4 heteroatoms. The average molecular weight is 234 g/mol. The van der Waals surface area contributed by atoms with Crippen LogP contribution < -0.4 is 0 Å². The Morgan fingerprint density at radius 3 is 2.50 bits per heavy atom. The largest absolute Gasteiger partial charge is 0.265 e. The molecule has 0 aliphatic rings. The van der Waals surface area contributed by atoms with Gasteiger partial charge in [-0.3, -0.25) is 4.98 Å². The van der Waals surface area contributed by atoms with Crippen LogP contribution in [0.1, 0.15) is 22.6 Å². The van der Waals surface area contributed by atoms with Gasteiger partial charge in [0.15, 0.2) is 0 Å². The average Bonchev–Trinajstić information content (AvgIpc) is 2.27. The van der Waals surface area contributed by atoms with Crippen LogP contribution in [0.25, 0.3) is 0 Å². The van der Waals surface area contributed by atoms with Crippen LogP contribution in [0.15, 0.2) is 24.5 Å². The minimum atomic E-state index is 0.538. The van der Waals surface area contributed by atoms with Crippen LogP contribution in [0, 0.1) is 13.8 Å². The number of halogens is 1. The van der Waals surface area contributed by atoms with Crippen LogP contribution in [0.4, 0.5) is 0 Å². The van der Waals surface area contributed by atoms with Gasteiger partial charge >= 0.3 is 0 Å². The number of nitrogens with zero attached hydrogens (tertiary/aromatic N) is 3. The summed E-state index contributed by atoms with van der Waals surface area (Å²) < 4.78 is 0. The zero-order valence-electron chi connectivity index (χ0n) is 9.24. The summed E-state index contributed by atoms with van der Waals surface area (Å²) in [6.45, 7) is 3.79. The van der Waals surface area contributed by atoms with Crippen molar-refractivity contribution in [2.24, 2.45) is 0 Å². The number of hydrogen-bond donors (Lipinski definition) is 0. The van der Waals surface area contributed by atoms with Gasteiger partial charge in [0.25, 0.3) is 0 Å². The Kier molecular flexibility index (Phi) is 3.15. The predicted octanol–water partition coefficient (Wildman–Crippen LogP) is 2.73. The maximum atomic E-state index is 6.02. The van der Waals surface area contributed by atoms with E-state index in [2.05, 4.69) is 15.0 Å². The minimum absolute atomic E-state index is 0.538. The van der Waals surface area contributed by atoms with Crippen molar-refractivity contribution in [3.63, 3.8) is 0 Å². The highest BCUT2D eigenvalue weighted by atomic mass is 35.5. The summed E-state index contributed by atoms with van der Waals surface area (Å²) in [7, 11) is 0. The van der Waals surface area contributed by atoms with Crippen LogP contribution >= 0.6 is 11.6 Å². The van der Waals surface area contributed by atoms with Gasteiger partial charge in [-0.15, -0.1) is 0 Å². The third-order valence-corrected chi connectivity index (χ3v) is 2.79. The zero-order chi connectivity index (χ0) is 11.5. The molecule has 2 aromatic heterocycles. The van der Waals surface area contributed by atoms with Gasteiger partial charge < -0.3 is 0 Å². The highest BCUT2D eigenvalue weighted by Gasteiger charge is 2.07. The van der Waals surface area contributed by atoms with Crippen molar-refractivity contribution in [1.29, 1.82) is 0 Å².